The molecule has 3 nitrogen and oxygen atoms in total. The topological polar surface area (TPSA) is 48.1 Å². The van der Waals surface area contributed by atoms with Crippen LogP contribution < -0.4 is 10.5 Å². The molecular weight excluding hydrogens is 280 g/mol. The van der Waals surface area contributed by atoms with Crippen molar-refractivity contribution < 1.29 is 4.74 Å². The fourth-order valence-electron chi connectivity index (χ4n) is 1.68. The van der Waals surface area contributed by atoms with Crippen LogP contribution in [0.2, 0.25) is 0 Å². The molecule has 0 saturated heterocycles. The van der Waals surface area contributed by atoms with E-state index in [-0.39, 0.29) is 0 Å². The van der Waals surface area contributed by atoms with Crippen LogP contribution in [-0.4, -0.2) is 18.1 Å². The van der Waals surface area contributed by atoms with Crippen LogP contribution in [0.5, 0.6) is 5.75 Å². The molecule has 0 radical (unpaired) electrons. The Labute approximate surface area is 109 Å². The molecular formula is C13H15BrN2O. The number of hydrogen-bond donors (Lipinski definition) is 1. The first-order valence-electron chi connectivity index (χ1n) is 5.68. The van der Waals surface area contributed by atoms with Gasteiger partial charge in [0.1, 0.15) is 5.75 Å². The van der Waals surface area contributed by atoms with Crippen LogP contribution in [0.3, 0.4) is 0 Å². The van der Waals surface area contributed by atoms with Crippen LogP contribution in [0.15, 0.2) is 35.1 Å². The summed E-state index contributed by atoms with van der Waals surface area (Å²) in [5, 5.41) is 2.16. The Hall–Kier alpha value is -1.13. The van der Waals surface area contributed by atoms with Crippen LogP contribution in [-0.2, 0) is 0 Å². The molecule has 2 N–H and O–H groups in total. The number of nitrogens with zero attached hydrogens (tertiary/aromatic N) is 1. The van der Waals surface area contributed by atoms with E-state index >= 15 is 0 Å². The van der Waals surface area contributed by atoms with Crippen LogP contribution in [0, 0.1) is 0 Å². The Morgan fingerprint density at radius 1 is 1.18 bits per heavy atom. The van der Waals surface area contributed by atoms with Crippen molar-refractivity contribution in [3.8, 4) is 5.75 Å². The minimum atomic E-state index is 0.697. The predicted molar refractivity (Wildman–Crippen MR) is 73.2 cm³/mol. The monoisotopic (exact) mass is 294 g/mol. The molecule has 1 aromatic carbocycles. The Kier molecular flexibility index (Phi) is 4.34. The number of benzene rings is 1. The van der Waals surface area contributed by atoms with Gasteiger partial charge in [-0.1, -0.05) is 15.9 Å². The van der Waals surface area contributed by atoms with E-state index in [2.05, 4.69) is 20.9 Å². The van der Waals surface area contributed by atoms with E-state index in [1.807, 2.05) is 24.4 Å². The van der Waals surface area contributed by atoms with E-state index in [0.29, 0.717) is 13.2 Å². The van der Waals surface area contributed by atoms with Crippen molar-refractivity contribution in [2.24, 2.45) is 5.73 Å². The molecule has 17 heavy (non-hydrogen) atoms. The van der Waals surface area contributed by atoms with Gasteiger partial charge in [-0.05, 0) is 37.6 Å². The van der Waals surface area contributed by atoms with Gasteiger partial charge in [-0.3, -0.25) is 4.98 Å². The number of fused-ring (bicyclic) bond motifs is 1. The molecule has 0 aliphatic carbocycles. The number of unbranched alkanes of at least 4 members (excludes halogenated alkanes) is 1. The summed E-state index contributed by atoms with van der Waals surface area (Å²) in [5.74, 6) is 0.883. The third-order valence-corrected chi connectivity index (χ3v) is 3.27. The van der Waals surface area contributed by atoms with Crippen molar-refractivity contribution in [3.05, 3.63) is 35.1 Å². The van der Waals surface area contributed by atoms with Crippen LogP contribution in [0.25, 0.3) is 10.8 Å². The zero-order valence-electron chi connectivity index (χ0n) is 9.53. The number of rotatable bonds is 5. The van der Waals surface area contributed by atoms with E-state index in [0.717, 1.165) is 33.8 Å². The average Bonchev–Trinajstić information content (AvgIpc) is 2.37. The van der Waals surface area contributed by atoms with Gasteiger partial charge in [-0.15, -0.1) is 0 Å². The second-order valence-corrected chi connectivity index (χ2v) is 4.67. The van der Waals surface area contributed by atoms with Crippen LogP contribution in [0.1, 0.15) is 12.8 Å². The molecule has 0 aliphatic heterocycles. The van der Waals surface area contributed by atoms with Gasteiger partial charge in [0.2, 0.25) is 0 Å². The highest BCUT2D eigenvalue weighted by Crippen LogP contribution is 2.30. The molecule has 0 atom stereocenters. The van der Waals surface area contributed by atoms with Gasteiger partial charge in [-0.2, -0.15) is 0 Å². The highest BCUT2D eigenvalue weighted by Gasteiger charge is 2.05. The maximum atomic E-state index is 5.76. The van der Waals surface area contributed by atoms with Gasteiger partial charge in [0.25, 0.3) is 0 Å². The first-order chi connectivity index (χ1) is 8.33. The summed E-state index contributed by atoms with van der Waals surface area (Å²) >= 11 is 3.52. The molecule has 2 rings (SSSR count). The predicted octanol–water partition coefficient (Wildman–Crippen LogP) is 3.12. The second kappa shape index (κ2) is 5.98. The largest absolute Gasteiger partial charge is 0.493 e. The van der Waals surface area contributed by atoms with Crippen molar-refractivity contribution in [1.82, 2.24) is 4.98 Å². The van der Waals surface area contributed by atoms with Gasteiger partial charge in [0.05, 0.1) is 6.61 Å². The van der Waals surface area contributed by atoms with Crippen molar-refractivity contribution in [2.75, 3.05) is 13.2 Å². The third kappa shape index (κ3) is 2.96. The Bertz CT molecular complexity index is 502. The fourth-order valence-corrected chi connectivity index (χ4v) is 2.16. The molecule has 1 heterocycles. The van der Waals surface area contributed by atoms with Gasteiger partial charge in [-0.25, -0.2) is 0 Å². The maximum absolute atomic E-state index is 5.76. The molecule has 0 amide bonds. The number of nitrogens with two attached hydrogens (primary N) is 1. The summed E-state index contributed by atoms with van der Waals surface area (Å²) in [6.45, 7) is 1.41. The lowest BCUT2D eigenvalue weighted by atomic mass is 10.1. The third-order valence-electron chi connectivity index (χ3n) is 2.58. The smallest absolute Gasteiger partial charge is 0.128 e. The number of pyridine rings is 1. The number of ether oxygens (including phenoxy) is 1. The Morgan fingerprint density at radius 2 is 2.06 bits per heavy atom. The highest BCUT2D eigenvalue weighted by atomic mass is 79.9. The number of hydrogen-bond acceptors (Lipinski definition) is 3. The lowest BCUT2D eigenvalue weighted by molar-refractivity contribution is 0.311. The van der Waals surface area contributed by atoms with Gasteiger partial charge >= 0.3 is 0 Å². The SMILES string of the molecule is NCCCCOc1ccc(Br)c2ccncc12. The van der Waals surface area contributed by atoms with E-state index < -0.39 is 0 Å². The summed E-state index contributed by atoms with van der Waals surface area (Å²) in [6, 6.07) is 5.95. The minimum Gasteiger partial charge on any atom is -0.493 e. The molecule has 90 valence electrons. The maximum Gasteiger partial charge on any atom is 0.128 e. The lowest BCUT2D eigenvalue weighted by Crippen LogP contribution is -2.03. The molecule has 0 spiro atoms. The number of aromatic nitrogens is 1. The summed E-state index contributed by atoms with van der Waals surface area (Å²) in [5.41, 5.74) is 5.45. The Balaban J connectivity index is 2.20. The molecule has 4 heteroatoms. The zero-order chi connectivity index (χ0) is 12.1. The van der Waals surface area contributed by atoms with Gasteiger partial charge in [0, 0.05) is 27.6 Å². The number of halogens is 1. The molecule has 0 fully saturated rings. The minimum absolute atomic E-state index is 0.697. The van der Waals surface area contributed by atoms with Gasteiger partial charge < -0.3 is 10.5 Å². The summed E-state index contributed by atoms with van der Waals surface area (Å²) in [6.07, 6.45) is 5.59. The first-order valence-corrected chi connectivity index (χ1v) is 6.47. The summed E-state index contributed by atoms with van der Waals surface area (Å²) in [7, 11) is 0. The van der Waals surface area contributed by atoms with Crippen LogP contribution >= 0.6 is 15.9 Å². The van der Waals surface area contributed by atoms with E-state index in [4.69, 9.17) is 10.5 Å². The highest BCUT2D eigenvalue weighted by molar-refractivity contribution is 9.10. The van der Waals surface area contributed by atoms with Crippen molar-refractivity contribution in [1.29, 1.82) is 0 Å². The fraction of sp³-hybridized carbons (Fsp3) is 0.308. The molecule has 1 aromatic heterocycles. The molecule has 0 aliphatic rings. The van der Waals surface area contributed by atoms with Crippen molar-refractivity contribution >= 4 is 26.7 Å². The zero-order valence-corrected chi connectivity index (χ0v) is 11.1. The average molecular weight is 295 g/mol. The summed E-state index contributed by atoms with van der Waals surface area (Å²) < 4.78 is 6.82. The Morgan fingerprint density at radius 3 is 2.88 bits per heavy atom. The summed E-state index contributed by atoms with van der Waals surface area (Å²) in [4.78, 5) is 4.14. The molecule has 0 saturated carbocycles. The van der Waals surface area contributed by atoms with Gasteiger partial charge in [0.15, 0.2) is 0 Å². The quantitative estimate of drug-likeness (QED) is 0.862. The molecule has 0 bridgehead atoms. The first kappa shape index (κ1) is 12.3. The van der Waals surface area contributed by atoms with E-state index in [1.165, 1.54) is 0 Å². The second-order valence-electron chi connectivity index (χ2n) is 3.81. The molecule has 2 aromatic rings. The van der Waals surface area contributed by atoms with E-state index in [1.54, 1.807) is 6.20 Å². The lowest BCUT2D eigenvalue weighted by Gasteiger charge is -2.09. The molecule has 0 unspecified atom stereocenters. The van der Waals surface area contributed by atoms with Crippen molar-refractivity contribution in [3.63, 3.8) is 0 Å². The van der Waals surface area contributed by atoms with Crippen molar-refractivity contribution in [2.45, 2.75) is 12.8 Å². The standard InChI is InChI=1S/C13H15BrN2O/c14-12-3-4-13(17-8-2-1-6-15)11-9-16-7-5-10(11)12/h3-5,7,9H,1-2,6,8,15H2. The van der Waals surface area contributed by atoms with E-state index in [9.17, 15) is 0 Å². The normalized spacial score (nSPS) is 10.7. The van der Waals surface area contributed by atoms with Crippen LogP contribution in [0.4, 0.5) is 0 Å².